The predicted octanol–water partition coefficient (Wildman–Crippen LogP) is 5.84. The summed E-state index contributed by atoms with van der Waals surface area (Å²) in [5, 5.41) is 1.28. The van der Waals surface area contributed by atoms with Gasteiger partial charge in [0.2, 0.25) is 27.7 Å². The number of nitrogens with one attached hydrogen (secondary N) is 1. The Hall–Kier alpha value is -4.05. The SMILES string of the molecule is Cc1cccc(C[C@H]2CCCCC/C=C\[C@H]3C[C@@]3(C(=O)NS(=O)(=O)C3CC3)CC(=O)[C@@H]3C[C@@H](Oc4nccc5ccccc45)CN3C2=O)c1. The topological polar surface area (TPSA) is 123 Å². The van der Waals surface area contributed by atoms with E-state index in [1.54, 1.807) is 11.1 Å². The van der Waals surface area contributed by atoms with E-state index in [2.05, 4.69) is 27.9 Å². The molecule has 258 valence electrons. The molecule has 2 amide bonds. The summed E-state index contributed by atoms with van der Waals surface area (Å²) in [6.07, 6.45) is 11.8. The Bertz CT molecular complexity index is 1880. The number of ether oxygens (including phenoxy) is 1. The Balaban J connectivity index is 1.20. The fraction of sp³-hybridized carbons (Fsp3) is 0.487. The number of amides is 2. The van der Waals surface area contributed by atoms with Crippen LogP contribution in [0.2, 0.25) is 0 Å². The second-order valence-corrected chi connectivity index (χ2v) is 16.5. The van der Waals surface area contributed by atoms with Gasteiger partial charge in [-0.05, 0) is 80.9 Å². The highest BCUT2D eigenvalue weighted by atomic mass is 32.2. The Labute approximate surface area is 288 Å². The average Bonchev–Trinajstić information content (AvgIpc) is 4.00. The third kappa shape index (κ3) is 7.30. The molecule has 3 aromatic rings. The molecule has 9 nitrogen and oxygen atoms in total. The number of fused-ring (bicyclic) bond motifs is 3. The van der Waals surface area contributed by atoms with Crippen molar-refractivity contribution < 1.29 is 27.5 Å². The van der Waals surface area contributed by atoms with Crippen molar-refractivity contribution in [1.82, 2.24) is 14.6 Å². The maximum Gasteiger partial charge on any atom is 0.240 e. The van der Waals surface area contributed by atoms with Crippen LogP contribution in [-0.2, 0) is 30.8 Å². The van der Waals surface area contributed by atoms with E-state index in [4.69, 9.17) is 4.74 Å². The number of aromatic nitrogens is 1. The van der Waals surface area contributed by atoms with Gasteiger partial charge in [0, 0.05) is 30.3 Å². The second kappa shape index (κ2) is 13.7. The number of pyridine rings is 1. The zero-order chi connectivity index (χ0) is 34.2. The van der Waals surface area contributed by atoms with E-state index in [0.717, 1.165) is 47.6 Å². The number of rotatable bonds is 7. The fourth-order valence-corrected chi connectivity index (χ4v) is 9.17. The molecule has 49 heavy (non-hydrogen) atoms. The number of sulfonamides is 1. The molecule has 2 saturated carbocycles. The van der Waals surface area contributed by atoms with Crippen molar-refractivity contribution in [3.05, 3.63) is 84.1 Å². The van der Waals surface area contributed by atoms with Crippen molar-refractivity contribution in [2.24, 2.45) is 17.3 Å². The summed E-state index contributed by atoms with van der Waals surface area (Å²) in [7, 11) is -3.78. The predicted molar refractivity (Wildman–Crippen MR) is 187 cm³/mol. The van der Waals surface area contributed by atoms with Crippen molar-refractivity contribution in [2.75, 3.05) is 6.54 Å². The van der Waals surface area contributed by atoms with Gasteiger partial charge in [-0.1, -0.05) is 73.0 Å². The quantitative estimate of drug-likeness (QED) is 0.310. The monoisotopic (exact) mass is 683 g/mol. The fourth-order valence-electron chi connectivity index (χ4n) is 7.79. The Morgan fingerprint density at radius 2 is 1.88 bits per heavy atom. The summed E-state index contributed by atoms with van der Waals surface area (Å²) in [4.78, 5) is 49.0. The van der Waals surface area contributed by atoms with Gasteiger partial charge in [-0.3, -0.25) is 19.1 Å². The van der Waals surface area contributed by atoms with Crippen molar-refractivity contribution in [2.45, 2.75) is 94.9 Å². The first-order chi connectivity index (χ1) is 23.6. The molecule has 0 unspecified atom stereocenters. The molecule has 10 heteroatoms. The van der Waals surface area contributed by atoms with Crippen molar-refractivity contribution >= 4 is 38.4 Å². The molecule has 0 spiro atoms. The van der Waals surface area contributed by atoms with Crippen LogP contribution in [0.25, 0.3) is 10.8 Å². The van der Waals surface area contributed by atoms with Crippen LogP contribution >= 0.6 is 0 Å². The lowest BCUT2D eigenvalue weighted by molar-refractivity contribution is -0.142. The van der Waals surface area contributed by atoms with E-state index in [-0.39, 0.29) is 42.9 Å². The molecule has 4 aliphatic rings. The third-order valence-electron chi connectivity index (χ3n) is 10.8. The molecular weight excluding hydrogens is 639 g/mol. The highest BCUT2D eigenvalue weighted by molar-refractivity contribution is 7.90. The van der Waals surface area contributed by atoms with E-state index in [1.807, 2.05) is 55.5 Å². The molecule has 3 heterocycles. The number of allylic oxidation sites excluding steroid dienone is 2. The molecule has 2 aliphatic carbocycles. The number of benzene rings is 2. The summed E-state index contributed by atoms with van der Waals surface area (Å²) in [6, 6.07) is 17.1. The maximum absolute atomic E-state index is 14.6. The summed E-state index contributed by atoms with van der Waals surface area (Å²) < 4.78 is 34.5. The molecule has 5 atom stereocenters. The number of hydrogen-bond donors (Lipinski definition) is 1. The van der Waals surface area contributed by atoms with Gasteiger partial charge in [-0.15, -0.1) is 0 Å². The summed E-state index contributed by atoms with van der Waals surface area (Å²) >= 11 is 0. The number of carbonyl (C=O) groups excluding carboxylic acids is 3. The minimum Gasteiger partial charge on any atom is -0.472 e. The van der Waals surface area contributed by atoms with E-state index in [1.165, 1.54) is 0 Å². The number of nitrogens with zero attached hydrogens (tertiary/aromatic N) is 2. The van der Waals surface area contributed by atoms with E-state index >= 15 is 0 Å². The van der Waals surface area contributed by atoms with E-state index < -0.39 is 38.7 Å². The minimum absolute atomic E-state index is 0.0769. The zero-order valence-corrected chi connectivity index (χ0v) is 28.9. The average molecular weight is 684 g/mol. The number of Topliss-reactive ketones (excluding diaryl/α,β-unsaturated/α-hetero) is 1. The van der Waals surface area contributed by atoms with Crippen LogP contribution in [0.15, 0.2) is 72.9 Å². The normalized spacial score (nSPS) is 28.6. The molecule has 7 rings (SSSR count). The Morgan fingerprint density at radius 3 is 2.69 bits per heavy atom. The molecular formula is C39H45N3O6S. The van der Waals surface area contributed by atoms with Crippen LogP contribution in [0.4, 0.5) is 0 Å². The molecule has 1 N–H and O–H groups in total. The minimum atomic E-state index is -3.78. The van der Waals surface area contributed by atoms with Crippen LogP contribution in [0.1, 0.15) is 75.3 Å². The van der Waals surface area contributed by atoms with Gasteiger partial charge in [0.25, 0.3) is 0 Å². The zero-order valence-electron chi connectivity index (χ0n) is 28.1. The number of hydrogen-bond acceptors (Lipinski definition) is 7. The molecule has 1 saturated heterocycles. The number of ketones is 1. The number of aryl methyl sites for hydroxylation is 1. The van der Waals surface area contributed by atoms with Crippen molar-refractivity contribution in [3.63, 3.8) is 0 Å². The molecule has 3 fully saturated rings. The summed E-state index contributed by atoms with van der Waals surface area (Å²) in [5.74, 6) is -1.01. The Morgan fingerprint density at radius 1 is 1.04 bits per heavy atom. The van der Waals surface area contributed by atoms with E-state index in [0.29, 0.717) is 38.0 Å². The smallest absolute Gasteiger partial charge is 0.240 e. The van der Waals surface area contributed by atoms with Gasteiger partial charge < -0.3 is 9.64 Å². The summed E-state index contributed by atoms with van der Waals surface area (Å²) in [5.41, 5.74) is 1.06. The van der Waals surface area contributed by atoms with Gasteiger partial charge in [-0.25, -0.2) is 13.4 Å². The lowest BCUT2D eigenvalue weighted by Crippen LogP contribution is -2.46. The number of carbonyl (C=O) groups is 3. The molecule has 2 aromatic carbocycles. The van der Waals surface area contributed by atoms with Gasteiger partial charge in [0.1, 0.15) is 6.10 Å². The van der Waals surface area contributed by atoms with Gasteiger partial charge in [0.05, 0.1) is 23.3 Å². The highest BCUT2D eigenvalue weighted by Gasteiger charge is 2.61. The first-order valence-corrected chi connectivity index (χ1v) is 19.3. The summed E-state index contributed by atoms with van der Waals surface area (Å²) in [6.45, 7) is 2.27. The van der Waals surface area contributed by atoms with Gasteiger partial charge in [0.15, 0.2) is 5.78 Å². The first-order valence-electron chi connectivity index (χ1n) is 17.7. The lowest BCUT2D eigenvalue weighted by Gasteiger charge is -2.29. The second-order valence-electron chi connectivity index (χ2n) is 14.6. The van der Waals surface area contributed by atoms with Crippen LogP contribution in [0.3, 0.4) is 0 Å². The van der Waals surface area contributed by atoms with Crippen LogP contribution in [-0.4, -0.2) is 59.8 Å². The lowest BCUT2D eigenvalue weighted by atomic mass is 9.89. The van der Waals surface area contributed by atoms with Crippen LogP contribution in [0.5, 0.6) is 5.88 Å². The third-order valence-corrected chi connectivity index (χ3v) is 12.6. The van der Waals surface area contributed by atoms with Crippen molar-refractivity contribution in [3.8, 4) is 5.88 Å². The molecule has 0 bridgehead atoms. The first kappa shape index (κ1) is 33.4. The maximum atomic E-state index is 14.6. The molecule has 2 aliphatic heterocycles. The Kier molecular flexibility index (Phi) is 9.35. The van der Waals surface area contributed by atoms with Crippen LogP contribution < -0.4 is 9.46 Å². The highest BCUT2D eigenvalue weighted by Crippen LogP contribution is 2.57. The van der Waals surface area contributed by atoms with Gasteiger partial charge >= 0.3 is 0 Å². The van der Waals surface area contributed by atoms with Gasteiger partial charge in [-0.2, -0.15) is 0 Å². The largest absolute Gasteiger partial charge is 0.472 e. The molecule has 1 aromatic heterocycles. The standard InChI is InChI=1S/C39H45N3O6S/c1-26-10-9-11-27(20-26)21-29-13-5-3-2-4-6-14-30-23-39(30,38(45)41-49(46,47)32-16-17-32)24-35(43)34-22-31(25-42(34)37(29)44)48-36-33-15-8-7-12-28(33)18-19-40-36/h6-12,14-15,18-20,29-32,34H,2-5,13,16-17,21-25H2,1H3,(H,41,45)/b14-6-/t29-,30+,31-,34+,39-/m1/s1. The van der Waals surface area contributed by atoms with Crippen molar-refractivity contribution in [1.29, 1.82) is 0 Å². The molecule has 0 radical (unpaired) electrons. The van der Waals surface area contributed by atoms with E-state index in [9.17, 15) is 22.8 Å². The van der Waals surface area contributed by atoms with Crippen LogP contribution in [0, 0.1) is 24.2 Å².